The number of carboxylic acid groups (broad SMARTS) is 1. The fourth-order valence-corrected chi connectivity index (χ4v) is 1.74. The number of nitrogens with zero attached hydrogens (tertiary/aromatic N) is 2. The summed E-state index contributed by atoms with van der Waals surface area (Å²) in [6, 6.07) is 7.45. The smallest absolute Gasteiger partial charge is 0.326 e. The van der Waals surface area contributed by atoms with E-state index in [4.69, 9.17) is 0 Å². The van der Waals surface area contributed by atoms with E-state index in [9.17, 15) is 14.7 Å². The van der Waals surface area contributed by atoms with Crippen molar-refractivity contribution >= 4 is 17.7 Å². The van der Waals surface area contributed by atoms with Gasteiger partial charge in [-0.2, -0.15) is 0 Å². The Kier molecular flexibility index (Phi) is 4.81. The third-order valence-electron chi connectivity index (χ3n) is 2.70. The van der Waals surface area contributed by atoms with Crippen LogP contribution in [0, 0.1) is 0 Å². The van der Waals surface area contributed by atoms with E-state index in [0.29, 0.717) is 5.69 Å². The summed E-state index contributed by atoms with van der Waals surface area (Å²) in [6.07, 6.45) is 4.37. The summed E-state index contributed by atoms with van der Waals surface area (Å²) < 4.78 is 0. The Morgan fingerprint density at radius 1 is 1.14 bits per heavy atom. The zero-order valence-electron chi connectivity index (χ0n) is 11.1. The lowest BCUT2D eigenvalue weighted by atomic mass is 10.1. The molecule has 0 aliphatic carbocycles. The molecule has 1 unspecified atom stereocenters. The number of carbonyl (C=O) groups excluding carboxylic acids is 1. The van der Waals surface area contributed by atoms with E-state index < -0.39 is 18.0 Å². The van der Waals surface area contributed by atoms with Crippen LogP contribution in [0.5, 0.6) is 0 Å². The number of benzene rings is 1. The maximum Gasteiger partial charge on any atom is 0.326 e. The Balaban J connectivity index is 1.96. The van der Waals surface area contributed by atoms with Crippen LogP contribution in [0.4, 0.5) is 10.5 Å². The SMILES string of the molecule is O=C(Nc1cncnc1)NC(Cc1ccccc1)C(=O)O. The Morgan fingerprint density at radius 3 is 2.43 bits per heavy atom. The van der Waals surface area contributed by atoms with Crippen molar-refractivity contribution in [2.45, 2.75) is 12.5 Å². The average Bonchev–Trinajstić information content (AvgIpc) is 2.48. The van der Waals surface area contributed by atoms with Crippen LogP contribution in [-0.4, -0.2) is 33.1 Å². The molecule has 0 radical (unpaired) electrons. The van der Waals surface area contributed by atoms with Crippen molar-refractivity contribution in [1.82, 2.24) is 15.3 Å². The van der Waals surface area contributed by atoms with E-state index in [-0.39, 0.29) is 6.42 Å². The summed E-state index contributed by atoms with van der Waals surface area (Å²) in [4.78, 5) is 30.5. The first-order chi connectivity index (χ1) is 10.1. The summed E-state index contributed by atoms with van der Waals surface area (Å²) in [7, 11) is 0. The number of amides is 2. The number of urea groups is 1. The van der Waals surface area contributed by atoms with Crippen LogP contribution in [0.25, 0.3) is 0 Å². The molecule has 0 aliphatic rings. The summed E-state index contributed by atoms with van der Waals surface area (Å²) >= 11 is 0. The zero-order valence-corrected chi connectivity index (χ0v) is 11.1. The molecule has 21 heavy (non-hydrogen) atoms. The van der Waals surface area contributed by atoms with Crippen molar-refractivity contribution in [3.05, 3.63) is 54.6 Å². The lowest BCUT2D eigenvalue weighted by Crippen LogP contribution is -2.44. The normalized spacial score (nSPS) is 11.4. The van der Waals surface area contributed by atoms with Crippen LogP contribution in [-0.2, 0) is 11.2 Å². The molecule has 1 aromatic heterocycles. The van der Waals surface area contributed by atoms with E-state index in [2.05, 4.69) is 20.6 Å². The fraction of sp³-hybridized carbons (Fsp3) is 0.143. The fourth-order valence-electron chi connectivity index (χ4n) is 1.74. The molecule has 0 spiro atoms. The predicted molar refractivity (Wildman–Crippen MR) is 75.8 cm³/mol. The molecular weight excluding hydrogens is 272 g/mol. The number of hydrogen-bond acceptors (Lipinski definition) is 4. The molecule has 0 bridgehead atoms. The number of hydrogen-bond donors (Lipinski definition) is 3. The van der Waals surface area contributed by atoms with Gasteiger partial charge < -0.3 is 15.7 Å². The second-order valence-electron chi connectivity index (χ2n) is 4.31. The third-order valence-corrected chi connectivity index (χ3v) is 2.70. The molecule has 1 aromatic carbocycles. The van der Waals surface area contributed by atoms with Gasteiger partial charge in [0, 0.05) is 6.42 Å². The highest BCUT2D eigenvalue weighted by Crippen LogP contribution is 2.05. The molecule has 0 saturated carbocycles. The van der Waals surface area contributed by atoms with Crippen LogP contribution in [0.3, 0.4) is 0 Å². The Labute approximate surface area is 121 Å². The number of carbonyl (C=O) groups is 2. The number of anilines is 1. The van der Waals surface area contributed by atoms with Crippen molar-refractivity contribution < 1.29 is 14.7 Å². The number of nitrogens with one attached hydrogen (secondary N) is 2. The highest BCUT2D eigenvalue weighted by molar-refractivity contribution is 5.92. The summed E-state index contributed by atoms with van der Waals surface area (Å²) in [6.45, 7) is 0. The van der Waals surface area contributed by atoms with Crippen LogP contribution in [0.15, 0.2) is 49.1 Å². The van der Waals surface area contributed by atoms with Gasteiger partial charge in [-0.1, -0.05) is 30.3 Å². The van der Waals surface area contributed by atoms with Gasteiger partial charge in [0.25, 0.3) is 0 Å². The van der Waals surface area contributed by atoms with Crippen LogP contribution in [0.2, 0.25) is 0 Å². The molecule has 108 valence electrons. The first kappa shape index (κ1) is 14.4. The van der Waals surface area contributed by atoms with E-state index in [1.54, 1.807) is 12.1 Å². The van der Waals surface area contributed by atoms with Gasteiger partial charge in [-0.15, -0.1) is 0 Å². The molecule has 0 saturated heterocycles. The van der Waals surface area contributed by atoms with Crippen LogP contribution in [0.1, 0.15) is 5.56 Å². The highest BCUT2D eigenvalue weighted by atomic mass is 16.4. The van der Waals surface area contributed by atoms with Gasteiger partial charge in [-0.25, -0.2) is 19.6 Å². The summed E-state index contributed by atoms with van der Waals surface area (Å²) in [5.74, 6) is -1.10. The van der Waals surface area contributed by atoms with Gasteiger partial charge in [0.15, 0.2) is 0 Å². The number of aliphatic carboxylic acids is 1. The minimum atomic E-state index is -1.10. The molecule has 0 aliphatic heterocycles. The molecule has 0 fully saturated rings. The largest absolute Gasteiger partial charge is 0.480 e. The van der Waals surface area contributed by atoms with Crippen molar-refractivity contribution in [3.63, 3.8) is 0 Å². The molecule has 1 atom stereocenters. The molecule has 2 aromatic rings. The van der Waals surface area contributed by atoms with E-state index in [1.165, 1.54) is 18.7 Å². The minimum Gasteiger partial charge on any atom is -0.480 e. The van der Waals surface area contributed by atoms with Gasteiger partial charge in [0.2, 0.25) is 0 Å². The first-order valence-electron chi connectivity index (χ1n) is 6.24. The quantitative estimate of drug-likeness (QED) is 0.768. The van der Waals surface area contributed by atoms with Gasteiger partial charge in [0.1, 0.15) is 12.4 Å². The number of aromatic nitrogens is 2. The van der Waals surface area contributed by atoms with Gasteiger partial charge in [0.05, 0.1) is 18.1 Å². The topological polar surface area (TPSA) is 104 Å². The van der Waals surface area contributed by atoms with Gasteiger partial charge in [-0.3, -0.25) is 0 Å². The van der Waals surface area contributed by atoms with Crippen LogP contribution < -0.4 is 10.6 Å². The van der Waals surface area contributed by atoms with Crippen molar-refractivity contribution in [2.24, 2.45) is 0 Å². The van der Waals surface area contributed by atoms with Crippen molar-refractivity contribution in [2.75, 3.05) is 5.32 Å². The molecule has 2 amide bonds. The summed E-state index contributed by atoms with van der Waals surface area (Å²) in [5.41, 5.74) is 1.21. The Morgan fingerprint density at radius 2 is 1.81 bits per heavy atom. The highest BCUT2D eigenvalue weighted by Gasteiger charge is 2.20. The molecule has 7 heteroatoms. The second-order valence-corrected chi connectivity index (χ2v) is 4.31. The van der Waals surface area contributed by atoms with E-state index in [0.717, 1.165) is 5.56 Å². The monoisotopic (exact) mass is 286 g/mol. The minimum absolute atomic E-state index is 0.203. The number of rotatable bonds is 5. The van der Waals surface area contributed by atoms with Crippen molar-refractivity contribution in [3.8, 4) is 0 Å². The Bertz CT molecular complexity index is 604. The lowest BCUT2D eigenvalue weighted by molar-refractivity contribution is -0.139. The van der Waals surface area contributed by atoms with Crippen molar-refractivity contribution in [1.29, 1.82) is 0 Å². The molecular formula is C14H14N4O3. The summed E-state index contributed by atoms with van der Waals surface area (Å²) in [5, 5.41) is 14.1. The third kappa shape index (κ3) is 4.57. The van der Waals surface area contributed by atoms with Crippen LogP contribution >= 0.6 is 0 Å². The molecule has 1 heterocycles. The first-order valence-corrected chi connectivity index (χ1v) is 6.24. The lowest BCUT2D eigenvalue weighted by Gasteiger charge is -2.15. The average molecular weight is 286 g/mol. The van der Waals surface area contributed by atoms with E-state index in [1.807, 2.05) is 18.2 Å². The van der Waals surface area contributed by atoms with Gasteiger partial charge >= 0.3 is 12.0 Å². The molecule has 2 rings (SSSR count). The molecule has 7 nitrogen and oxygen atoms in total. The molecule has 3 N–H and O–H groups in total. The zero-order chi connectivity index (χ0) is 15.1. The maximum absolute atomic E-state index is 11.8. The maximum atomic E-state index is 11.8. The van der Waals surface area contributed by atoms with E-state index >= 15 is 0 Å². The Hall–Kier alpha value is -2.96. The van der Waals surface area contributed by atoms with Gasteiger partial charge in [-0.05, 0) is 5.56 Å². The standard InChI is InChI=1S/C14H14N4O3/c19-13(20)12(6-10-4-2-1-3-5-10)18-14(21)17-11-7-15-9-16-8-11/h1-5,7-9,12H,6H2,(H,19,20)(H2,17,18,21). The predicted octanol–water partition coefficient (Wildman–Crippen LogP) is 1.29. The number of carboxylic acids is 1. The second kappa shape index (κ2) is 6.99.